The van der Waals surface area contributed by atoms with Gasteiger partial charge in [0, 0.05) is 16.9 Å². The maximum atomic E-state index is 13.9. The minimum atomic E-state index is -0.127. The molecule has 0 aliphatic rings. The van der Waals surface area contributed by atoms with Crippen LogP contribution in [0.15, 0.2) is 53.0 Å². The van der Waals surface area contributed by atoms with Crippen molar-refractivity contribution in [1.29, 1.82) is 0 Å². The summed E-state index contributed by atoms with van der Waals surface area (Å²) in [5.74, 6) is 0.0123. The summed E-state index contributed by atoms with van der Waals surface area (Å²) in [4.78, 5) is 0. The molecule has 0 saturated heterocycles. The van der Waals surface area contributed by atoms with Crippen molar-refractivity contribution in [3.8, 4) is 0 Å². The molecule has 0 aromatic heterocycles. The van der Waals surface area contributed by atoms with Crippen LogP contribution in [0.25, 0.3) is 0 Å². The zero-order chi connectivity index (χ0) is 13.7. The van der Waals surface area contributed by atoms with E-state index in [9.17, 15) is 4.39 Å². The van der Waals surface area contributed by atoms with E-state index in [4.69, 9.17) is 0 Å². The van der Waals surface area contributed by atoms with E-state index in [2.05, 4.69) is 33.4 Å². The summed E-state index contributed by atoms with van der Waals surface area (Å²) in [6.45, 7) is 0.757. The molecule has 2 rings (SSSR count). The largest absolute Gasteiger partial charge is 0.319 e. The molecule has 0 aliphatic heterocycles. The summed E-state index contributed by atoms with van der Waals surface area (Å²) in [6.07, 6.45) is 0.821. The van der Waals surface area contributed by atoms with Crippen LogP contribution in [-0.2, 0) is 6.42 Å². The van der Waals surface area contributed by atoms with E-state index in [1.807, 2.05) is 31.3 Å². The van der Waals surface area contributed by atoms with E-state index in [1.54, 1.807) is 6.07 Å². The highest BCUT2D eigenvalue weighted by molar-refractivity contribution is 9.10. The molecular weight excluding hydrogens is 305 g/mol. The number of hydrogen-bond acceptors (Lipinski definition) is 1. The lowest BCUT2D eigenvalue weighted by atomic mass is 9.91. The number of benzene rings is 2. The van der Waals surface area contributed by atoms with Crippen molar-refractivity contribution in [3.63, 3.8) is 0 Å². The van der Waals surface area contributed by atoms with Gasteiger partial charge in [-0.05, 0) is 42.8 Å². The van der Waals surface area contributed by atoms with Gasteiger partial charge in [-0.2, -0.15) is 0 Å². The molecule has 3 heteroatoms. The molecule has 100 valence electrons. The van der Waals surface area contributed by atoms with Gasteiger partial charge in [0.25, 0.3) is 0 Å². The third-order valence-electron chi connectivity index (χ3n) is 3.17. The fourth-order valence-corrected chi connectivity index (χ4v) is 2.74. The quantitative estimate of drug-likeness (QED) is 0.873. The average Bonchev–Trinajstić information content (AvgIpc) is 2.39. The maximum Gasteiger partial charge on any atom is 0.126 e. The average molecular weight is 322 g/mol. The molecule has 0 amide bonds. The van der Waals surface area contributed by atoms with Gasteiger partial charge in [-0.15, -0.1) is 0 Å². The third-order valence-corrected chi connectivity index (χ3v) is 3.66. The van der Waals surface area contributed by atoms with Crippen LogP contribution in [0.5, 0.6) is 0 Å². The van der Waals surface area contributed by atoms with Crippen molar-refractivity contribution in [2.75, 3.05) is 13.6 Å². The van der Waals surface area contributed by atoms with Crippen molar-refractivity contribution < 1.29 is 4.39 Å². The lowest BCUT2D eigenvalue weighted by Gasteiger charge is -2.18. The van der Waals surface area contributed by atoms with Gasteiger partial charge in [-0.1, -0.05) is 46.3 Å². The first-order valence-corrected chi connectivity index (χ1v) is 7.13. The van der Waals surface area contributed by atoms with Crippen LogP contribution < -0.4 is 5.32 Å². The zero-order valence-corrected chi connectivity index (χ0v) is 12.5. The van der Waals surface area contributed by atoms with Gasteiger partial charge in [-0.25, -0.2) is 4.39 Å². The Morgan fingerprint density at radius 1 is 1.16 bits per heavy atom. The topological polar surface area (TPSA) is 12.0 Å². The number of rotatable bonds is 5. The van der Waals surface area contributed by atoms with Gasteiger partial charge >= 0.3 is 0 Å². The number of halogens is 2. The van der Waals surface area contributed by atoms with E-state index in [0.717, 1.165) is 23.0 Å². The summed E-state index contributed by atoms with van der Waals surface area (Å²) >= 11 is 3.47. The molecule has 0 spiro atoms. The summed E-state index contributed by atoms with van der Waals surface area (Å²) in [6, 6.07) is 15.2. The first-order chi connectivity index (χ1) is 9.20. The van der Waals surface area contributed by atoms with Crippen molar-refractivity contribution in [2.45, 2.75) is 12.3 Å². The lowest BCUT2D eigenvalue weighted by Crippen LogP contribution is -2.20. The molecular formula is C16H17BrFN. The molecule has 0 heterocycles. The number of nitrogens with one attached hydrogen (secondary N) is 1. The van der Waals surface area contributed by atoms with Gasteiger partial charge in [0.1, 0.15) is 5.82 Å². The Labute approximate surface area is 122 Å². The van der Waals surface area contributed by atoms with Crippen molar-refractivity contribution >= 4 is 15.9 Å². The second-order valence-electron chi connectivity index (χ2n) is 4.61. The smallest absolute Gasteiger partial charge is 0.126 e. The summed E-state index contributed by atoms with van der Waals surface area (Å²) in [5.41, 5.74) is 1.98. The van der Waals surface area contributed by atoms with Crippen molar-refractivity contribution in [1.82, 2.24) is 5.32 Å². The number of hydrogen-bond donors (Lipinski definition) is 1. The van der Waals surface area contributed by atoms with Gasteiger partial charge in [0.2, 0.25) is 0 Å². The highest BCUT2D eigenvalue weighted by atomic mass is 79.9. The summed E-state index contributed by atoms with van der Waals surface area (Å²) in [7, 11) is 1.90. The Balaban J connectivity index is 2.24. The van der Waals surface area contributed by atoms with Crippen LogP contribution in [0.4, 0.5) is 4.39 Å². The Morgan fingerprint density at radius 3 is 2.63 bits per heavy atom. The minimum absolute atomic E-state index is 0.127. The van der Waals surface area contributed by atoms with E-state index in [-0.39, 0.29) is 11.7 Å². The molecule has 1 nitrogen and oxygen atoms in total. The van der Waals surface area contributed by atoms with Gasteiger partial charge in [-0.3, -0.25) is 0 Å². The number of likely N-dealkylation sites (N-methyl/N-ethyl adjacent to an activating group) is 1. The van der Waals surface area contributed by atoms with E-state index >= 15 is 0 Å². The van der Waals surface area contributed by atoms with Crippen molar-refractivity contribution in [2.24, 2.45) is 0 Å². The molecule has 0 saturated carbocycles. The van der Waals surface area contributed by atoms with E-state index < -0.39 is 0 Å². The fraction of sp³-hybridized carbons (Fsp3) is 0.250. The van der Waals surface area contributed by atoms with Crippen LogP contribution in [-0.4, -0.2) is 13.6 Å². The Bertz CT molecular complexity index is 542. The highest BCUT2D eigenvalue weighted by Gasteiger charge is 2.15. The van der Waals surface area contributed by atoms with Crippen LogP contribution in [0.1, 0.15) is 17.0 Å². The standard InChI is InChI=1S/C16H17BrFN/c1-19-11-13(15-7-2-3-8-16(15)18)9-12-5-4-6-14(17)10-12/h2-8,10,13,19H,9,11H2,1H3. The highest BCUT2D eigenvalue weighted by Crippen LogP contribution is 2.24. The van der Waals surface area contributed by atoms with E-state index in [1.165, 1.54) is 11.6 Å². The molecule has 1 unspecified atom stereocenters. The molecule has 1 N–H and O–H groups in total. The van der Waals surface area contributed by atoms with Crippen LogP contribution in [0.2, 0.25) is 0 Å². The predicted molar refractivity (Wildman–Crippen MR) is 80.9 cm³/mol. The summed E-state index contributed by atoms with van der Waals surface area (Å²) in [5, 5.41) is 3.15. The Hall–Kier alpha value is -1.19. The second kappa shape index (κ2) is 6.83. The zero-order valence-electron chi connectivity index (χ0n) is 10.9. The predicted octanol–water partition coefficient (Wildman–Crippen LogP) is 4.13. The molecule has 2 aromatic rings. The second-order valence-corrected chi connectivity index (χ2v) is 5.53. The first kappa shape index (κ1) is 14.2. The van der Waals surface area contributed by atoms with Crippen LogP contribution >= 0.6 is 15.9 Å². The van der Waals surface area contributed by atoms with Gasteiger partial charge in [0.15, 0.2) is 0 Å². The monoisotopic (exact) mass is 321 g/mol. The van der Waals surface area contributed by atoms with Gasteiger partial charge in [0.05, 0.1) is 0 Å². The Morgan fingerprint density at radius 2 is 1.95 bits per heavy atom. The molecule has 0 bridgehead atoms. The maximum absolute atomic E-state index is 13.9. The minimum Gasteiger partial charge on any atom is -0.319 e. The molecule has 2 aromatic carbocycles. The van der Waals surface area contributed by atoms with Crippen LogP contribution in [0, 0.1) is 5.82 Å². The molecule has 0 aliphatic carbocycles. The first-order valence-electron chi connectivity index (χ1n) is 6.34. The van der Waals surface area contributed by atoms with E-state index in [0.29, 0.717) is 0 Å². The molecule has 0 radical (unpaired) electrons. The van der Waals surface area contributed by atoms with Gasteiger partial charge < -0.3 is 5.32 Å². The lowest BCUT2D eigenvalue weighted by molar-refractivity contribution is 0.556. The SMILES string of the molecule is CNCC(Cc1cccc(Br)c1)c1ccccc1F. The summed E-state index contributed by atoms with van der Waals surface area (Å²) < 4.78 is 15.0. The normalized spacial score (nSPS) is 12.4. The molecule has 1 atom stereocenters. The van der Waals surface area contributed by atoms with Crippen LogP contribution in [0.3, 0.4) is 0 Å². The molecule has 19 heavy (non-hydrogen) atoms. The third kappa shape index (κ3) is 3.88. The molecule has 0 fully saturated rings. The Kier molecular flexibility index (Phi) is 5.11. The fourth-order valence-electron chi connectivity index (χ4n) is 2.29. The van der Waals surface area contributed by atoms with Crippen molar-refractivity contribution in [3.05, 3.63) is 69.9 Å².